The molecule has 1 N–H and O–H groups in total. The molecular formula is C30H37N3O4S. The molecule has 2 atom stereocenters. The van der Waals surface area contributed by atoms with Gasteiger partial charge in [0, 0.05) is 26.1 Å². The van der Waals surface area contributed by atoms with Crippen LogP contribution in [0.4, 0.5) is 0 Å². The number of hydrogen-bond acceptors (Lipinski definition) is 4. The molecule has 0 fully saturated rings. The van der Waals surface area contributed by atoms with E-state index in [2.05, 4.69) is 5.32 Å². The Morgan fingerprint density at radius 2 is 1.42 bits per heavy atom. The van der Waals surface area contributed by atoms with Crippen molar-refractivity contribution in [1.82, 2.24) is 14.5 Å². The minimum absolute atomic E-state index is 0.0703. The van der Waals surface area contributed by atoms with Gasteiger partial charge in [-0.2, -0.15) is 4.31 Å². The summed E-state index contributed by atoms with van der Waals surface area (Å²) in [5.41, 5.74) is 2.69. The van der Waals surface area contributed by atoms with Crippen molar-refractivity contribution in [3.8, 4) is 0 Å². The summed E-state index contributed by atoms with van der Waals surface area (Å²) in [6.45, 7) is 5.55. The predicted octanol–water partition coefficient (Wildman–Crippen LogP) is 4.17. The van der Waals surface area contributed by atoms with Crippen LogP contribution in [0, 0.1) is 6.92 Å². The van der Waals surface area contributed by atoms with Crippen LogP contribution in [0.15, 0.2) is 89.8 Å². The van der Waals surface area contributed by atoms with Gasteiger partial charge in [-0.15, -0.1) is 0 Å². The van der Waals surface area contributed by atoms with Crippen LogP contribution < -0.4 is 5.32 Å². The second-order valence-corrected chi connectivity index (χ2v) is 11.6. The molecule has 2 unspecified atom stereocenters. The fourth-order valence-corrected chi connectivity index (χ4v) is 5.15. The van der Waals surface area contributed by atoms with Crippen LogP contribution >= 0.6 is 0 Å². The lowest BCUT2D eigenvalue weighted by Gasteiger charge is -2.33. The van der Waals surface area contributed by atoms with Crippen molar-refractivity contribution >= 4 is 21.8 Å². The van der Waals surface area contributed by atoms with E-state index < -0.39 is 28.5 Å². The first-order chi connectivity index (χ1) is 18.1. The third-order valence-corrected chi connectivity index (χ3v) is 8.37. The first-order valence-electron chi connectivity index (χ1n) is 12.8. The zero-order valence-corrected chi connectivity index (χ0v) is 23.3. The van der Waals surface area contributed by atoms with Crippen molar-refractivity contribution in [3.63, 3.8) is 0 Å². The smallest absolute Gasteiger partial charge is 0.243 e. The van der Waals surface area contributed by atoms with E-state index in [4.69, 9.17) is 0 Å². The fourth-order valence-electron chi connectivity index (χ4n) is 4.03. The number of rotatable bonds is 12. The SMILES string of the molecule is CCC(C)NC(=O)C(Cc1ccccc1)N(Cc1ccccc1)C(=O)CN(C)S(=O)(=O)c1ccc(C)cc1. The molecule has 0 aliphatic rings. The standard InChI is InChI=1S/C30H37N3O4S/c1-5-24(3)31-30(35)28(20-25-12-8-6-9-13-25)33(21-26-14-10-7-11-15-26)29(34)22-32(4)38(36,37)27-18-16-23(2)17-19-27/h6-19,24,28H,5,20-22H2,1-4H3,(H,31,35). The molecule has 0 radical (unpaired) electrons. The van der Waals surface area contributed by atoms with Crippen LogP contribution in [0.1, 0.15) is 37.0 Å². The quantitative estimate of drug-likeness (QED) is 0.377. The third kappa shape index (κ3) is 7.76. The molecule has 7 nitrogen and oxygen atoms in total. The van der Waals surface area contributed by atoms with Crippen molar-refractivity contribution in [2.45, 2.75) is 57.1 Å². The van der Waals surface area contributed by atoms with Gasteiger partial charge in [0.05, 0.1) is 11.4 Å². The second kappa shape index (κ2) is 13.3. The molecule has 0 heterocycles. The van der Waals surface area contributed by atoms with Crippen molar-refractivity contribution in [1.29, 1.82) is 0 Å². The minimum atomic E-state index is -3.90. The van der Waals surface area contributed by atoms with Gasteiger partial charge in [-0.05, 0) is 43.5 Å². The van der Waals surface area contributed by atoms with Gasteiger partial charge in [0.2, 0.25) is 21.8 Å². The van der Waals surface area contributed by atoms with E-state index >= 15 is 0 Å². The fraction of sp³-hybridized carbons (Fsp3) is 0.333. The number of likely N-dealkylation sites (N-methyl/N-ethyl adjacent to an activating group) is 1. The summed E-state index contributed by atoms with van der Waals surface area (Å²) < 4.78 is 27.5. The highest BCUT2D eigenvalue weighted by molar-refractivity contribution is 7.89. The van der Waals surface area contributed by atoms with Crippen LogP contribution in [0.25, 0.3) is 0 Å². The number of benzene rings is 3. The lowest BCUT2D eigenvalue weighted by molar-refractivity contribution is -0.141. The summed E-state index contributed by atoms with van der Waals surface area (Å²) in [7, 11) is -2.51. The highest BCUT2D eigenvalue weighted by Gasteiger charge is 2.33. The molecule has 0 saturated carbocycles. The summed E-state index contributed by atoms with van der Waals surface area (Å²) in [6.07, 6.45) is 1.05. The Morgan fingerprint density at radius 1 is 0.868 bits per heavy atom. The van der Waals surface area contributed by atoms with E-state index in [0.717, 1.165) is 27.4 Å². The summed E-state index contributed by atoms with van der Waals surface area (Å²) >= 11 is 0. The number of amides is 2. The highest BCUT2D eigenvalue weighted by Crippen LogP contribution is 2.18. The molecule has 8 heteroatoms. The van der Waals surface area contributed by atoms with Gasteiger partial charge in [-0.25, -0.2) is 8.42 Å². The van der Waals surface area contributed by atoms with Crippen molar-refractivity contribution in [2.75, 3.05) is 13.6 Å². The Morgan fingerprint density at radius 3 is 1.97 bits per heavy atom. The number of hydrogen-bond donors (Lipinski definition) is 1. The molecule has 38 heavy (non-hydrogen) atoms. The van der Waals surface area contributed by atoms with Gasteiger partial charge in [-0.1, -0.05) is 85.3 Å². The molecule has 3 rings (SSSR count). The highest BCUT2D eigenvalue weighted by atomic mass is 32.2. The molecule has 0 aliphatic carbocycles. The van der Waals surface area contributed by atoms with Crippen molar-refractivity contribution < 1.29 is 18.0 Å². The Bertz CT molecular complexity index is 1300. The van der Waals surface area contributed by atoms with Crippen molar-refractivity contribution in [3.05, 3.63) is 102 Å². The monoisotopic (exact) mass is 535 g/mol. The molecule has 202 valence electrons. The maximum absolute atomic E-state index is 13.8. The average molecular weight is 536 g/mol. The molecule has 3 aromatic rings. The molecule has 0 aromatic heterocycles. The second-order valence-electron chi connectivity index (χ2n) is 9.60. The van der Waals surface area contributed by atoms with E-state index in [0.29, 0.717) is 6.42 Å². The molecule has 0 bridgehead atoms. The normalized spacial score (nSPS) is 13.1. The Kier molecular flexibility index (Phi) is 10.2. The van der Waals surface area contributed by atoms with Gasteiger partial charge < -0.3 is 10.2 Å². The minimum Gasteiger partial charge on any atom is -0.352 e. The number of nitrogens with one attached hydrogen (secondary N) is 1. The summed E-state index contributed by atoms with van der Waals surface area (Å²) in [5.74, 6) is -0.719. The van der Waals surface area contributed by atoms with Crippen LogP contribution in [-0.2, 0) is 32.6 Å². The third-order valence-electron chi connectivity index (χ3n) is 6.55. The number of nitrogens with zero attached hydrogens (tertiary/aromatic N) is 2. The Labute approximate surface area is 226 Å². The lowest BCUT2D eigenvalue weighted by Crippen LogP contribution is -2.54. The Hall–Kier alpha value is -3.49. The average Bonchev–Trinajstić information content (AvgIpc) is 2.91. The topological polar surface area (TPSA) is 86.8 Å². The zero-order valence-electron chi connectivity index (χ0n) is 22.5. The number of carbonyl (C=O) groups excluding carboxylic acids is 2. The van der Waals surface area contributed by atoms with E-state index in [1.807, 2.05) is 81.4 Å². The van der Waals surface area contributed by atoms with E-state index in [1.165, 1.54) is 24.1 Å². The zero-order chi connectivity index (χ0) is 27.7. The van der Waals surface area contributed by atoms with Crippen molar-refractivity contribution in [2.24, 2.45) is 0 Å². The number of carbonyl (C=O) groups is 2. The molecular weight excluding hydrogens is 498 g/mol. The van der Waals surface area contributed by atoms with Crippen LogP contribution in [-0.4, -0.2) is 55.1 Å². The molecule has 0 aliphatic heterocycles. The number of sulfonamides is 1. The van der Waals surface area contributed by atoms with E-state index in [9.17, 15) is 18.0 Å². The van der Waals surface area contributed by atoms with Gasteiger partial charge in [0.15, 0.2) is 0 Å². The predicted molar refractivity (Wildman–Crippen MR) is 150 cm³/mol. The maximum atomic E-state index is 13.8. The molecule has 0 saturated heterocycles. The molecule has 2 amide bonds. The number of aryl methyl sites for hydroxylation is 1. The maximum Gasteiger partial charge on any atom is 0.243 e. The molecule has 0 spiro atoms. The summed E-state index contributed by atoms with van der Waals surface area (Å²) in [5, 5.41) is 3.02. The largest absolute Gasteiger partial charge is 0.352 e. The van der Waals surface area contributed by atoms with Crippen LogP contribution in [0.5, 0.6) is 0 Å². The molecule has 3 aromatic carbocycles. The van der Waals surface area contributed by atoms with Crippen LogP contribution in [0.3, 0.4) is 0 Å². The van der Waals surface area contributed by atoms with Gasteiger partial charge in [0.25, 0.3) is 0 Å². The first-order valence-corrected chi connectivity index (χ1v) is 14.3. The summed E-state index contributed by atoms with van der Waals surface area (Å²) in [6, 6.07) is 24.5. The van der Waals surface area contributed by atoms with Gasteiger partial charge in [-0.3, -0.25) is 9.59 Å². The first kappa shape index (κ1) is 29.1. The van der Waals surface area contributed by atoms with E-state index in [1.54, 1.807) is 12.1 Å². The van der Waals surface area contributed by atoms with Gasteiger partial charge in [0.1, 0.15) is 6.04 Å². The van der Waals surface area contributed by atoms with Gasteiger partial charge >= 0.3 is 0 Å². The summed E-state index contributed by atoms with van der Waals surface area (Å²) in [4.78, 5) is 29.0. The van der Waals surface area contributed by atoms with E-state index in [-0.39, 0.29) is 23.4 Å². The Balaban J connectivity index is 1.95. The van der Waals surface area contributed by atoms with Crippen LogP contribution in [0.2, 0.25) is 0 Å². The lowest BCUT2D eigenvalue weighted by atomic mass is 10.0.